The number of esters is 1. The SMILES string of the molecule is CN(C)NN(C=N)c1ccc(CC(=O)N2CCN(CCC3=CC=CC4C(=O)OCC4=C3F)CC2)cc1. The molecule has 0 spiro atoms. The van der Waals surface area contributed by atoms with E-state index in [2.05, 4.69) is 10.4 Å². The summed E-state index contributed by atoms with van der Waals surface area (Å²) in [5, 5.41) is 10.9. The van der Waals surface area contributed by atoms with Gasteiger partial charge in [-0.1, -0.05) is 30.4 Å². The summed E-state index contributed by atoms with van der Waals surface area (Å²) in [6, 6.07) is 7.57. The Morgan fingerprint density at radius 1 is 1.22 bits per heavy atom. The van der Waals surface area contributed by atoms with Gasteiger partial charge in [0.15, 0.2) is 0 Å². The Labute approximate surface area is 210 Å². The first kappa shape index (κ1) is 25.7. The number of rotatable bonds is 9. The number of fused-ring (bicyclic) bond motifs is 1. The van der Waals surface area contributed by atoms with E-state index in [4.69, 9.17) is 10.1 Å². The van der Waals surface area contributed by atoms with Crippen molar-refractivity contribution in [3.8, 4) is 0 Å². The number of cyclic esters (lactones) is 1. The van der Waals surface area contributed by atoms with Gasteiger partial charge < -0.3 is 9.64 Å². The van der Waals surface area contributed by atoms with Crippen molar-refractivity contribution in [3.63, 3.8) is 0 Å². The van der Waals surface area contributed by atoms with Gasteiger partial charge in [0.1, 0.15) is 24.7 Å². The fraction of sp³-hybridized carbons (Fsp3) is 0.423. The van der Waals surface area contributed by atoms with Crippen molar-refractivity contribution in [1.29, 1.82) is 5.41 Å². The highest BCUT2D eigenvalue weighted by atomic mass is 19.1. The number of nitrogens with one attached hydrogen (secondary N) is 2. The smallest absolute Gasteiger partial charge is 0.317 e. The second kappa shape index (κ2) is 11.6. The number of carbonyl (C=O) groups is 2. The molecule has 2 N–H and O–H groups in total. The first-order chi connectivity index (χ1) is 17.4. The number of carbonyl (C=O) groups excluding carboxylic acids is 2. The van der Waals surface area contributed by atoms with E-state index in [1.807, 2.05) is 43.3 Å². The van der Waals surface area contributed by atoms with Crippen LogP contribution >= 0.6 is 0 Å². The molecule has 0 radical (unpaired) electrons. The van der Waals surface area contributed by atoms with Crippen molar-refractivity contribution < 1.29 is 18.7 Å². The molecular formula is C26H33FN6O3. The molecule has 2 heterocycles. The van der Waals surface area contributed by atoms with Crippen molar-refractivity contribution in [2.24, 2.45) is 5.92 Å². The summed E-state index contributed by atoms with van der Waals surface area (Å²) < 4.78 is 20.0. The minimum Gasteiger partial charge on any atom is -0.460 e. The van der Waals surface area contributed by atoms with Crippen molar-refractivity contribution >= 4 is 23.9 Å². The number of hydrogen-bond donors (Lipinski definition) is 2. The molecule has 0 aromatic heterocycles. The first-order valence-corrected chi connectivity index (χ1v) is 12.1. The van der Waals surface area contributed by atoms with Crippen LogP contribution in [0.2, 0.25) is 0 Å². The van der Waals surface area contributed by atoms with Gasteiger partial charge in [-0.25, -0.2) is 9.40 Å². The molecular weight excluding hydrogens is 463 g/mol. The molecule has 1 aromatic carbocycles. The second-order valence-electron chi connectivity index (χ2n) is 9.31. The molecule has 2 saturated heterocycles. The predicted octanol–water partition coefficient (Wildman–Crippen LogP) is 2.05. The summed E-state index contributed by atoms with van der Waals surface area (Å²) >= 11 is 0. The Hall–Kier alpha value is -3.34. The normalized spacial score (nSPS) is 20.2. The van der Waals surface area contributed by atoms with Crippen LogP contribution in [0.25, 0.3) is 0 Å². The summed E-state index contributed by atoms with van der Waals surface area (Å²) in [4.78, 5) is 28.7. The molecule has 1 aliphatic carbocycles. The van der Waals surface area contributed by atoms with E-state index in [1.165, 1.54) is 6.34 Å². The zero-order valence-corrected chi connectivity index (χ0v) is 20.7. The molecule has 1 unspecified atom stereocenters. The van der Waals surface area contributed by atoms with Gasteiger partial charge in [-0.2, -0.15) is 5.53 Å². The molecule has 36 heavy (non-hydrogen) atoms. The molecule has 2 aliphatic heterocycles. The Kier molecular flexibility index (Phi) is 8.29. The van der Waals surface area contributed by atoms with E-state index < -0.39 is 11.9 Å². The first-order valence-electron chi connectivity index (χ1n) is 12.1. The maximum atomic E-state index is 15.0. The predicted molar refractivity (Wildman–Crippen MR) is 136 cm³/mol. The van der Waals surface area contributed by atoms with Crippen LogP contribution < -0.4 is 10.5 Å². The Morgan fingerprint density at radius 3 is 2.61 bits per heavy atom. The van der Waals surface area contributed by atoms with Crippen molar-refractivity contribution in [2.45, 2.75) is 12.8 Å². The highest BCUT2D eigenvalue weighted by Crippen LogP contribution is 2.33. The molecule has 2 fully saturated rings. The van der Waals surface area contributed by atoms with E-state index in [0.717, 1.165) is 24.3 Å². The van der Waals surface area contributed by atoms with Gasteiger partial charge in [0.25, 0.3) is 0 Å². The third-order valence-corrected chi connectivity index (χ3v) is 6.59. The maximum Gasteiger partial charge on any atom is 0.317 e. The number of hydrazine groups is 2. The monoisotopic (exact) mass is 496 g/mol. The number of halogens is 1. The average Bonchev–Trinajstić information content (AvgIpc) is 3.16. The van der Waals surface area contributed by atoms with Crippen LogP contribution in [-0.4, -0.2) is 86.4 Å². The van der Waals surface area contributed by atoms with Gasteiger partial charge in [-0.15, -0.1) is 0 Å². The number of anilines is 1. The lowest BCUT2D eigenvalue weighted by molar-refractivity contribution is -0.140. The average molecular weight is 497 g/mol. The third-order valence-electron chi connectivity index (χ3n) is 6.59. The number of nitrogens with zero attached hydrogens (tertiary/aromatic N) is 4. The molecule has 3 aliphatic rings. The highest BCUT2D eigenvalue weighted by molar-refractivity contribution is 5.82. The fourth-order valence-corrected chi connectivity index (χ4v) is 4.56. The summed E-state index contributed by atoms with van der Waals surface area (Å²) in [6.45, 7) is 3.46. The van der Waals surface area contributed by atoms with E-state index in [9.17, 15) is 14.0 Å². The van der Waals surface area contributed by atoms with E-state index >= 15 is 0 Å². The zero-order chi connectivity index (χ0) is 25.7. The Bertz CT molecular complexity index is 1070. The summed E-state index contributed by atoms with van der Waals surface area (Å²) in [5.41, 5.74) is 5.74. The van der Waals surface area contributed by atoms with Crippen molar-refractivity contribution in [2.75, 3.05) is 58.4 Å². The highest BCUT2D eigenvalue weighted by Gasteiger charge is 2.34. The van der Waals surface area contributed by atoms with Crippen LogP contribution in [0.5, 0.6) is 0 Å². The molecule has 1 amide bonds. The number of allylic oxidation sites excluding steroid dienone is 3. The topological polar surface area (TPSA) is 92.2 Å². The largest absolute Gasteiger partial charge is 0.460 e. The van der Waals surface area contributed by atoms with Crippen LogP contribution in [0.4, 0.5) is 10.1 Å². The molecule has 1 atom stereocenters. The molecule has 0 saturated carbocycles. The molecule has 192 valence electrons. The summed E-state index contributed by atoms with van der Waals surface area (Å²) in [6.07, 6.45) is 7.23. The van der Waals surface area contributed by atoms with Crippen LogP contribution in [0, 0.1) is 11.3 Å². The molecule has 1 aromatic rings. The lowest BCUT2D eigenvalue weighted by atomic mass is 9.99. The zero-order valence-electron chi connectivity index (χ0n) is 20.7. The van der Waals surface area contributed by atoms with E-state index in [0.29, 0.717) is 43.6 Å². The maximum absolute atomic E-state index is 15.0. The van der Waals surface area contributed by atoms with Gasteiger partial charge in [0.2, 0.25) is 5.91 Å². The van der Waals surface area contributed by atoms with Gasteiger partial charge in [-0.3, -0.25) is 24.9 Å². The summed E-state index contributed by atoms with van der Waals surface area (Å²) in [5.74, 6) is -1.23. The number of amides is 1. The minimum absolute atomic E-state index is 0.0222. The Morgan fingerprint density at radius 2 is 1.94 bits per heavy atom. The minimum atomic E-state index is -0.603. The van der Waals surface area contributed by atoms with Gasteiger partial charge in [0, 0.05) is 52.4 Å². The third kappa shape index (κ3) is 6.07. The van der Waals surface area contributed by atoms with Crippen molar-refractivity contribution in [3.05, 3.63) is 65.0 Å². The quantitative estimate of drug-likeness (QED) is 0.234. The van der Waals surface area contributed by atoms with E-state index in [1.54, 1.807) is 28.2 Å². The number of hydrogen-bond acceptors (Lipinski definition) is 7. The lowest BCUT2D eigenvalue weighted by Gasteiger charge is -2.35. The molecule has 0 bridgehead atoms. The standard InChI is InChI=1S/C26H33FN6O3/c1-30(2)29-33(18-28)21-8-6-19(7-9-21)16-24(34)32-14-12-31(13-15-32)11-10-20-4-3-5-22-23(25(20)27)17-36-26(22)35/h3-9,18,22,28-29H,10-17H2,1-2H3. The van der Waals surface area contributed by atoms with Gasteiger partial charge in [0.05, 0.1) is 12.1 Å². The number of ether oxygens (including phenoxy) is 1. The van der Waals surface area contributed by atoms with Gasteiger partial charge in [-0.05, 0) is 29.7 Å². The molecule has 4 rings (SSSR count). The fourth-order valence-electron chi connectivity index (χ4n) is 4.56. The number of benzene rings is 1. The lowest BCUT2D eigenvalue weighted by Crippen LogP contribution is -2.49. The van der Waals surface area contributed by atoms with Gasteiger partial charge >= 0.3 is 5.97 Å². The van der Waals surface area contributed by atoms with Crippen molar-refractivity contribution in [1.82, 2.24) is 20.3 Å². The molecule has 10 heteroatoms. The number of piperazine rings is 1. The Balaban J connectivity index is 1.24. The molecule has 9 nitrogen and oxygen atoms in total. The van der Waals surface area contributed by atoms with Crippen LogP contribution in [0.15, 0.2) is 59.5 Å². The van der Waals surface area contributed by atoms with Crippen LogP contribution in [-0.2, 0) is 20.7 Å². The summed E-state index contributed by atoms with van der Waals surface area (Å²) in [7, 11) is 3.68. The van der Waals surface area contributed by atoms with E-state index in [-0.39, 0.29) is 18.3 Å². The second-order valence-corrected chi connectivity index (χ2v) is 9.31. The van der Waals surface area contributed by atoms with Crippen LogP contribution in [0.1, 0.15) is 12.0 Å². The van der Waals surface area contributed by atoms with Crippen LogP contribution in [0.3, 0.4) is 0 Å².